The predicted octanol–water partition coefficient (Wildman–Crippen LogP) is 1.01. The van der Waals surface area contributed by atoms with Crippen LogP contribution in [0.5, 0.6) is 11.5 Å². The van der Waals surface area contributed by atoms with Gasteiger partial charge in [-0.05, 0) is 37.6 Å². The van der Waals surface area contributed by atoms with E-state index in [1.54, 1.807) is 19.2 Å². The fourth-order valence-electron chi connectivity index (χ4n) is 7.00. The van der Waals surface area contributed by atoms with Crippen molar-refractivity contribution >= 4 is 29.8 Å². The van der Waals surface area contributed by atoms with Gasteiger partial charge in [-0.15, -0.1) is 0 Å². The van der Waals surface area contributed by atoms with Crippen molar-refractivity contribution in [3.63, 3.8) is 0 Å². The second-order valence-corrected chi connectivity index (χ2v) is 11.8. The number of likely N-dealkylation sites (N-methyl/N-ethyl adjacent to an activating group) is 1. The fourth-order valence-corrected chi connectivity index (χ4v) is 7.00. The first-order chi connectivity index (χ1) is 22.8. The molecule has 0 radical (unpaired) electrons. The van der Waals surface area contributed by atoms with Gasteiger partial charge in [0.1, 0.15) is 5.76 Å². The molecular weight excluding hydrogens is 634 g/mol. The van der Waals surface area contributed by atoms with E-state index in [-0.39, 0.29) is 29.2 Å². The van der Waals surface area contributed by atoms with E-state index >= 15 is 0 Å². The van der Waals surface area contributed by atoms with E-state index in [9.17, 15) is 44.4 Å². The average Bonchev–Trinajstić information content (AvgIpc) is 3.43. The smallest absolute Gasteiger partial charge is 0.353 e. The molecule has 0 saturated carbocycles. The number of aliphatic hydroxyl groups excluding tert-OH is 1. The minimum Gasteiger partial charge on any atom is -0.504 e. The zero-order chi connectivity index (χ0) is 35.0. The lowest BCUT2D eigenvalue weighted by molar-refractivity contribution is -0.180. The van der Waals surface area contributed by atoms with Crippen LogP contribution >= 0.6 is 0 Å². The van der Waals surface area contributed by atoms with Crippen molar-refractivity contribution in [2.75, 3.05) is 7.05 Å². The highest BCUT2D eigenvalue weighted by molar-refractivity contribution is 5.87. The Labute approximate surface area is 273 Å². The van der Waals surface area contributed by atoms with E-state index in [2.05, 4.69) is 5.32 Å². The van der Waals surface area contributed by atoms with Crippen LogP contribution in [0.25, 0.3) is 0 Å². The number of carbonyl (C=O) groups excluding carboxylic acids is 3. The molecule has 48 heavy (non-hydrogen) atoms. The number of aliphatic hydroxyl groups is 2. The summed E-state index contributed by atoms with van der Waals surface area (Å²) in [6.07, 6.45) is -6.90. The molecule has 0 spiro atoms. The fraction of sp³-hybridized carbons (Fsp3) is 0.424. The number of nitrogens with one attached hydrogen (secondary N) is 1. The van der Waals surface area contributed by atoms with Gasteiger partial charge in [0.25, 0.3) is 0 Å². The van der Waals surface area contributed by atoms with Crippen molar-refractivity contribution in [2.45, 2.75) is 80.5 Å². The lowest BCUT2D eigenvalue weighted by atomic mass is 9.52. The number of aromatic hydroxyl groups is 1. The van der Waals surface area contributed by atoms with Crippen molar-refractivity contribution in [1.29, 1.82) is 0 Å². The van der Waals surface area contributed by atoms with Gasteiger partial charge in [-0.25, -0.2) is 14.4 Å². The Morgan fingerprint density at radius 3 is 2.35 bits per heavy atom. The maximum Gasteiger partial charge on any atom is 0.353 e. The summed E-state index contributed by atoms with van der Waals surface area (Å²) in [6.45, 7) is 1.84. The summed E-state index contributed by atoms with van der Waals surface area (Å²) in [6, 6.07) is 10.1. The maximum atomic E-state index is 13.1. The highest BCUT2D eigenvalue weighted by Crippen LogP contribution is 2.63. The summed E-state index contributed by atoms with van der Waals surface area (Å²) in [5.41, 5.74) is -1.05. The number of carbonyl (C=O) groups is 5. The first kappa shape index (κ1) is 34.3. The van der Waals surface area contributed by atoms with Gasteiger partial charge < -0.3 is 49.8 Å². The van der Waals surface area contributed by atoms with Crippen molar-refractivity contribution in [3.8, 4) is 11.5 Å². The zero-order valence-corrected chi connectivity index (χ0v) is 26.0. The Hall–Kier alpha value is -4.99. The van der Waals surface area contributed by atoms with Crippen LogP contribution in [0.4, 0.5) is 0 Å². The van der Waals surface area contributed by atoms with Crippen molar-refractivity contribution in [2.24, 2.45) is 0 Å². The van der Waals surface area contributed by atoms with Gasteiger partial charge >= 0.3 is 29.8 Å². The lowest BCUT2D eigenvalue weighted by Crippen LogP contribution is -2.70. The molecule has 5 rings (SSSR count). The van der Waals surface area contributed by atoms with Gasteiger partial charge in [0.2, 0.25) is 12.2 Å². The van der Waals surface area contributed by atoms with Crippen molar-refractivity contribution < 1.29 is 68.5 Å². The number of hydrogen-bond acceptors (Lipinski definition) is 13. The third-order valence-electron chi connectivity index (χ3n) is 9.21. The molecule has 3 aliphatic rings. The van der Waals surface area contributed by atoms with Crippen LogP contribution in [0.15, 0.2) is 54.3 Å². The minimum absolute atomic E-state index is 0.0293. The Morgan fingerprint density at radius 1 is 1.02 bits per heavy atom. The van der Waals surface area contributed by atoms with Gasteiger partial charge in [-0.1, -0.05) is 43.3 Å². The molecular formula is C33H35NO14. The standard InChI is InChI=1S/C33H35NO14/c1-3-32-25-17-9-10-18(35)27(25)48-28(32)20(11-12-33(32,44)22(13-17)34-2)45-30(42)19(36)14-24(39)47-26(16-7-5-4-6-8-16)31(43)46-21(29(40)41)15-23(37)38/h4-11,19,21-22,26,28,34-36,44H,3,12-15H2,1-2H3,(H,37,38)(H,40,41)/t19-,21-,22+,26-,28-,32-,33+/m0/s1. The SMILES string of the molecule is CC[C@]12c3c4ccc(O)c3O[C@H]1C(OC(=O)[C@@H](O)CC(=O)O[C@H](C(=O)O[C@@H](CC(=O)O)C(=O)O)c1ccccc1)=CC[C@@]2(O)[C@H](NC)C4. The predicted molar refractivity (Wildman–Crippen MR) is 160 cm³/mol. The van der Waals surface area contributed by atoms with Crippen molar-refractivity contribution in [1.82, 2.24) is 5.32 Å². The van der Waals surface area contributed by atoms with Crippen LogP contribution in [0.1, 0.15) is 55.4 Å². The molecule has 2 aromatic carbocycles. The second-order valence-electron chi connectivity index (χ2n) is 11.8. The van der Waals surface area contributed by atoms with Crippen LogP contribution in [-0.2, 0) is 50.0 Å². The Bertz CT molecular complexity index is 1660. The monoisotopic (exact) mass is 669 g/mol. The number of phenolic OH excluding ortho intramolecular Hbond substituents is 1. The summed E-state index contributed by atoms with van der Waals surface area (Å²) in [4.78, 5) is 61.4. The molecule has 2 aromatic rings. The molecule has 0 amide bonds. The number of phenols is 1. The number of esters is 3. The van der Waals surface area contributed by atoms with Gasteiger partial charge in [0.15, 0.2) is 23.7 Å². The molecule has 6 N–H and O–H groups in total. The lowest BCUT2D eigenvalue weighted by Gasteiger charge is -2.56. The number of ether oxygens (including phenoxy) is 4. The number of benzene rings is 2. The molecule has 7 atom stereocenters. The second kappa shape index (κ2) is 13.3. The molecule has 256 valence electrons. The molecule has 15 nitrogen and oxygen atoms in total. The third kappa shape index (κ3) is 5.84. The summed E-state index contributed by atoms with van der Waals surface area (Å²) >= 11 is 0. The molecule has 0 aromatic heterocycles. The topological polar surface area (TPSA) is 235 Å². The number of hydrogen-bond donors (Lipinski definition) is 6. The van der Waals surface area contributed by atoms with Crippen LogP contribution in [0, 0.1) is 0 Å². The molecule has 2 aliphatic carbocycles. The first-order valence-corrected chi connectivity index (χ1v) is 15.2. The Balaban J connectivity index is 1.32. The average molecular weight is 670 g/mol. The van der Waals surface area contributed by atoms with E-state index < -0.39 is 84.2 Å². The zero-order valence-electron chi connectivity index (χ0n) is 26.0. The number of rotatable bonds is 13. The van der Waals surface area contributed by atoms with Crippen LogP contribution < -0.4 is 10.1 Å². The summed E-state index contributed by atoms with van der Waals surface area (Å²) < 4.78 is 21.7. The molecule has 0 fully saturated rings. The van der Waals surface area contributed by atoms with E-state index in [0.29, 0.717) is 18.4 Å². The molecule has 1 aliphatic heterocycles. The van der Waals surface area contributed by atoms with Crippen molar-refractivity contribution in [3.05, 3.63) is 71.0 Å². The summed E-state index contributed by atoms with van der Waals surface area (Å²) in [7, 11) is 1.72. The van der Waals surface area contributed by atoms with Crippen LogP contribution in [-0.4, -0.2) is 92.4 Å². The van der Waals surface area contributed by atoms with E-state index in [4.69, 9.17) is 24.1 Å². The van der Waals surface area contributed by atoms with Gasteiger partial charge in [0.05, 0.1) is 23.9 Å². The molecule has 15 heteroatoms. The Kier molecular flexibility index (Phi) is 9.48. The largest absolute Gasteiger partial charge is 0.504 e. The number of aliphatic carboxylic acids is 2. The maximum absolute atomic E-state index is 13.1. The third-order valence-corrected chi connectivity index (χ3v) is 9.21. The first-order valence-electron chi connectivity index (χ1n) is 15.2. The number of carboxylic acids is 2. The van der Waals surface area contributed by atoms with Crippen LogP contribution in [0.3, 0.4) is 0 Å². The highest BCUT2D eigenvalue weighted by atomic mass is 16.6. The minimum atomic E-state index is -2.10. The van der Waals surface area contributed by atoms with E-state index in [0.717, 1.165) is 5.56 Å². The molecule has 0 unspecified atom stereocenters. The van der Waals surface area contributed by atoms with Crippen LogP contribution in [0.2, 0.25) is 0 Å². The molecule has 1 heterocycles. The van der Waals surface area contributed by atoms with Gasteiger partial charge in [0, 0.05) is 23.6 Å². The van der Waals surface area contributed by atoms with E-state index in [1.807, 2.05) is 6.92 Å². The van der Waals surface area contributed by atoms with E-state index in [1.165, 1.54) is 36.4 Å². The van der Waals surface area contributed by atoms with Gasteiger partial charge in [-0.2, -0.15) is 0 Å². The molecule has 0 bridgehead atoms. The summed E-state index contributed by atoms with van der Waals surface area (Å²) in [5, 5.41) is 54.9. The summed E-state index contributed by atoms with van der Waals surface area (Å²) in [5.74, 6) is -7.26. The number of carboxylic acid groups (broad SMARTS) is 2. The Morgan fingerprint density at radius 2 is 1.73 bits per heavy atom. The van der Waals surface area contributed by atoms with Gasteiger partial charge in [-0.3, -0.25) is 9.59 Å². The highest BCUT2D eigenvalue weighted by Gasteiger charge is 2.69. The quantitative estimate of drug-likeness (QED) is 0.129. The normalized spacial score (nSPS) is 25.3. The molecule has 0 saturated heterocycles.